The fourth-order valence-corrected chi connectivity index (χ4v) is 1.60. The summed E-state index contributed by atoms with van der Waals surface area (Å²) < 4.78 is 71.5. The molecule has 0 amide bonds. The van der Waals surface area contributed by atoms with E-state index in [-0.39, 0.29) is 0 Å². The number of hydrogen-bond acceptors (Lipinski definition) is 0. The average molecular weight is 196 g/mol. The Morgan fingerprint density at radius 1 is 1.00 bits per heavy atom. The molecule has 1 aliphatic rings. The van der Waals surface area contributed by atoms with Crippen LogP contribution < -0.4 is 0 Å². The Bertz CT molecular complexity index is 268. The van der Waals surface area contributed by atoms with E-state index in [0.717, 1.165) is 0 Å². The first-order chi connectivity index (χ1) is 4.72. The van der Waals surface area contributed by atoms with Gasteiger partial charge in [0, 0.05) is 0 Å². The lowest BCUT2D eigenvalue weighted by atomic mass is 10.5. The quantitative estimate of drug-likeness (QED) is 0.443. The molecule has 0 atom stereocenters. The number of rotatable bonds is 0. The van der Waals surface area contributed by atoms with Gasteiger partial charge in [-0.05, 0) is 0 Å². The summed E-state index contributed by atoms with van der Waals surface area (Å²) in [4.78, 5) is 0. The molecule has 0 radical (unpaired) electrons. The van der Waals surface area contributed by atoms with Gasteiger partial charge in [0.25, 0.3) is 0 Å². The van der Waals surface area contributed by atoms with Crippen LogP contribution in [0, 0.1) is 0 Å². The lowest BCUT2D eigenvalue weighted by Crippen LogP contribution is -1.89. The summed E-state index contributed by atoms with van der Waals surface area (Å²) >= 11 is 0. The van der Waals surface area contributed by atoms with Crippen LogP contribution in [0.1, 0.15) is 0 Å². The molecule has 1 heterocycles. The summed E-state index contributed by atoms with van der Waals surface area (Å²) in [6, 6.07) is 0. The van der Waals surface area contributed by atoms with Gasteiger partial charge in [-0.1, -0.05) is 0 Å². The molecule has 1 aliphatic heterocycles. The van der Waals surface area contributed by atoms with Gasteiger partial charge < -0.3 is 0 Å². The van der Waals surface area contributed by atoms with Crippen molar-refractivity contribution in [2.24, 2.45) is 0 Å². The summed E-state index contributed by atoms with van der Waals surface area (Å²) in [7, 11) is -7.43. The highest BCUT2D eigenvalue weighted by Gasteiger charge is 2.50. The van der Waals surface area contributed by atoms with Crippen LogP contribution in [-0.2, 0) is 0 Å². The molecule has 11 heavy (non-hydrogen) atoms. The summed E-state index contributed by atoms with van der Waals surface area (Å²) in [5.41, 5.74) is 0. The van der Waals surface area contributed by atoms with Crippen molar-refractivity contribution in [2.75, 3.05) is 0 Å². The van der Waals surface area contributed by atoms with Crippen LogP contribution in [0.2, 0.25) is 0 Å². The number of hydrogen-bond donors (Lipinski definition) is 1. The Kier molecular flexibility index (Phi) is 1.37. The van der Waals surface area contributed by atoms with Crippen LogP contribution in [-0.4, -0.2) is 0 Å². The van der Waals surface area contributed by atoms with E-state index in [1.54, 1.807) is 0 Å². The minimum absolute atomic E-state index is 0.920. The first-order valence-corrected chi connectivity index (χ1v) is 4.32. The van der Waals surface area contributed by atoms with Crippen molar-refractivity contribution < 1.29 is 24.8 Å². The number of halogens is 6. The van der Waals surface area contributed by atoms with Gasteiger partial charge in [-0.15, -0.1) is 11.7 Å². The Balaban J connectivity index is 3.33. The summed E-state index contributed by atoms with van der Waals surface area (Å²) in [6.45, 7) is 0. The minimum Gasteiger partial charge on any atom is -0.203 e. The van der Waals surface area contributed by atoms with Crippen LogP contribution in [0.4, 0.5) is 24.8 Å². The van der Waals surface area contributed by atoms with E-state index in [2.05, 4.69) is 0 Å². The molecule has 7 heteroatoms. The first kappa shape index (κ1) is 8.51. The van der Waals surface area contributed by atoms with Gasteiger partial charge in [-0.2, -0.15) is 8.78 Å². The maximum atomic E-state index is 12.0. The average Bonchev–Trinajstić information content (AvgIpc) is 1.92. The third-order valence-corrected chi connectivity index (χ3v) is 2.57. The number of thiol groups is 1. The largest absolute Gasteiger partial charge is 0.237 e. The van der Waals surface area contributed by atoms with Gasteiger partial charge >= 0.3 is 0 Å². The molecule has 0 aromatic heterocycles. The molecule has 1 rings (SSSR count). The molecule has 0 fully saturated rings. The van der Waals surface area contributed by atoms with Crippen LogP contribution in [0.25, 0.3) is 0 Å². The highest BCUT2D eigenvalue weighted by Crippen LogP contribution is 2.85. The smallest absolute Gasteiger partial charge is 0.203 e. The van der Waals surface area contributed by atoms with E-state index in [0.29, 0.717) is 0 Å². The molecule has 0 saturated carbocycles. The van der Waals surface area contributed by atoms with Crippen LogP contribution in [0.3, 0.4) is 0 Å². The maximum absolute atomic E-state index is 12.0. The van der Waals surface area contributed by atoms with Crippen molar-refractivity contribution in [3.05, 3.63) is 22.2 Å². The molecule has 0 bridgehead atoms. The van der Waals surface area contributed by atoms with Crippen molar-refractivity contribution in [2.45, 2.75) is 0 Å². The summed E-state index contributed by atoms with van der Waals surface area (Å²) in [6.07, 6.45) is 0. The van der Waals surface area contributed by atoms with Crippen LogP contribution >= 0.6 is 10.3 Å². The predicted octanol–water partition coefficient (Wildman–Crippen LogP) is 3.65. The van der Waals surface area contributed by atoms with Crippen molar-refractivity contribution in [3.8, 4) is 0 Å². The molecule has 0 aromatic rings. The second-order valence-electron chi connectivity index (χ2n) is 1.95. The van der Waals surface area contributed by atoms with Gasteiger partial charge in [0.1, 0.15) is 10.3 Å². The van der Waals surface area contributed by atoms with Crippen LogP contribution in [0.15, 0.2) is 22.2 Å². The molecular weight excluding hydrogens is 194 g/mol. The molecule has 0 spiro atoms. The van der Waals surface area contributed by atoms with E-state index >= 15 is 0 Å². The molecule has 66 valence electrons. The molecule has 0 aliphatic carbocycles. The normalized spacial score (nSPS) is 31.1. The van der Waals surface area contributed by atoms with Gasteiger partial charge in [-0.25, -0.2) is 4.39 Å². The van der Waals surface area contributed by atoms with Gasteiger partial charge in [0.05, 0.1) is 5.41 Å². The predicted molar refractivity (Wildman–Crippen MR) is 30.7 cm³/mol. The van der Waals surface area contributed by atoms with Gasteiger partial charge in [0.2, 0.25) is 11.0 Å². The Labute approximate surface area is 58.4 Å². The SMILES string of the molecule is FC1=C[SH](F)(F)(F)C(F)=C1F. The van der Waals surface area contributed by atoms with Crippen molar-refractivity contribution in [1.29, 1.82) is 0 Å². The number of allylic oxidation sites excluding steroid dienone is 2. The Morgan fingerprint density at radius 2 is 1.45 bits per heavy atom. The zero-order valence-electron chi connectivity index (χ0n) is 4.79. The third-order valence-electron chi connectivity index (χ3n) is 1.05. The van der Waals surface area contributed by atoms with Crippen molar-refractivity contribution >= 4 is 10.3 Å². The standard InChI is InChI=1S/C4H2F6S/c5-2-1-11(8,9,10)4(7)3(2)6/h1,11H. The maximum Gasteiger partial charge on any atom is 0.237 e. The monoisotopic (exact) mass is 196 g/mol. The van der Waals surface area contributed by atoms with Crippen molar-refractivity contribution in [1.82, 2.24) is 0 Å². The van der Waals surface area contributed by atoms with E-state index in [1.807, 2.05) is 0 Å². The van der Waals surface area contributed by atoms with Crippen molar-refractivity contribution in [3.63, 3.8) is 0 Å². The van der Waals surface area contributed by atoms with E-state index in [4.69, 9.17) is 0 Å². The summed E-state index contributed by atoms with van der Waals surface area (Å²) in [5.74, 6) is -4.61. The third kappa shape index (κ3) is 1.13. The molecule has 0 saturated heterocycles. The van der Waals surface area contributed by atoms with E-state index < -0.39 is 32.5 Å². The second kappa shape index (κ2) is 1.77. The molecular formula is C4H2F6S. The fourth-order valence-electron chi connectivity index (χ4n) is 0.565. The van der Waals surface area contributed by atoms with Gasteiger partial charge in [0.15, 0.2) is 5.83 Å². The first-order valence-electron chi connectivity index (χ1n) is 2.34. The topological polar surface area (TPSA) is 0 Å². The molecule has 0 unspecified atom stereocenters. The highest BCUT2D eigenvalue weighted by atomic mass is 32.4. The van der Waals surface area contributed by atoms with Crippen LogP contribution in [0.5, 0.6) is 0 Å². The fraction of sp³-hybridized carbons (Fsp3) is 0. The molecule has 0 nitrogen and oxygen atoms in total. The summed E-state index contributed by atoms with van der Waals surface area (Å²) in [5, 5.41) is -3.83. The Hall–Kier alpha value is -0.590. The second-order valence-corrected chi connectivity index (χ2v) is 4.33. The van der Waals surface area contributed by atoms with E-state index in [9.17, 15) is 24.8 Å². The molecule has 0 aromatic carbocycles. The van der Waals surface area contributed by atoms with Gasteiger partial charge in [-0.3, -0.25) is 0 Å². The minimum atomic E-state index is -7.43. The highest BCUT2D eigenvalue weighted by molar-refractivity contribution is 8.43. The zero-order valence-corrected chi connectivity index (χ0v) is 5.69. The molecule has 0 N–H and O–H groups in total. The Morgan fingerprint density at radius 3 is 1.55 bits per heavy atom. The van der Waals surface area contributed by atoms with E-state index in [1.165, 1.54) is 0 Å². The zero-order chi connectivity index (χ0) is 8.89. The lowest BCUT2D eigenvalue weighted by molar-refractivity contribution is 0.508. The lowest BCUT2D eigenvalue weighted by Gasteiger charge is -2.28.